The number of benzene rings is 1. The van der Waals surface area contributed by atoms with E-state index < -0.39 is 11.6 Å². The van der Waals surface area contributed by atoms with Gasteiger partial charge >= 0.3 is 0 Å². The van der Waals surface area contributed by atoms with E-state index in [9.17, 15) is 13.6 Å². The molecule has 1 saturated heterocycles. The molecule has 3 rings (SSSR count). The van der Waals surface area contributed by atoms with E-state index in [2.05, 4.69) is 20.5 Å². The Labute approximate surface area is 181 Å². The molecule has 1 aromatic heterocycles. The maximum atomic E-state index is 14.0. The van der Waals surface area contributed by atoms with Gasteiger partial charge in [0.2, 0.25) is 0 Å². The standard InChI is InChI=1S/C22H29F2N5O2/c1-3-25-22(27-9-4-8-26-21(30)20-16(2)7-14-31-20)29-12-10-28(11-13-29)19-15-17(23)5-6-18(19)24/h5-7,14-15H,3-4,8-13H2,1-2H3,(H,25,27)(H,26,30). The molecule has 31 heavy (non-hydrogen) atoms. The number of nitrogens with zero attached hydrogens (tertiary/aromatic N) is 3. The summed E-state index contributed by atoms with van der Waals surface area (Å²) in [5.41, 5.74) is 1.10. The van der Waals surface area contributed by atoms with Gasteiger partial charge in [-0.15, -0.1) is 0 Å². The number of carbonyl (C=O) groups is 1. The van der Waals surface area contributed by atoms with Gasteiger partial charge in [-0.3, -0.25) is 9.79 Å². The molecule has 1 fully saturated rings. The van der Waals surface area contributed by atoms with Gasteiger partial charge in [0.05, 0.1) is 12.0 Å². The highest BCUT2D eigenvalue weighted by molar-refractivity contribution is 5.92. The Hall–Kier alpha value is -3.10. The minimum absolute atomic E-state index is 0.223. The van der Waals surface area contributed by atoms with Gasteiger partial charge in [0.1, 0.15) is 11.6 Å². The molecule has 1 aromatic carbocycles. The number of rotatable bonds is 7. The molecule has 9 heteroatoms. The Morgan fingerprint density at radius 2 is 1.94 bits per heavy atom. The quantitative estimate of drug-likeness (QED) is 0.399. The lowest BCUT2D eigenvalue weighted by molar-refractivity contribution is 0.0925. The minimum atomic E-state index is -0.442. The number of aryl methyl sites for hydroxylation is 1. The summed E-state index contributed by atoms with van der Waals surface area (Å²) in [6.45, 7) is 8.05. The van der Waals surface area contributed by atoms with Crippen LogP contribution in [0.4, 0.5) is 14.5 Å². The zero-order chi connectivity index (χ0) is 22.2. The first-order valence-corrected chi connectivity index (χ1v) is 10.5. The van der Waals surface area contributed by atoms with Crippen molar-refractivity contribution in [3.63, 3.8) is 0 Å². The fraction of sp³-hybridized carbons (Fsp3) is 0.455. The summed E-state index contributed by atoms with van der Waals surface area (Å²) in [7, 11) is 0. The van der Waals surface area contributed by atoms with Gasteiger partial charge in [0.25, 0.3) is 5.91 Å². The molecule has 0 atom stereocenters. The van der Waals surface area contributed by atoms with Gasteiger partial charge in [0, 0.05) is 57.4 Å². The van der Waals surface area contributed by atoms with E-state index >= 15 is 0 Å². The predicted molar refractivity (Wildman–Crippen MR) is 117 cm³/mol. The molecule has 0 unspecified atom stereocenters. The van der Waals surface area contributed by atoms with Crippen LogP contribution in [-0.4, -0.2) is 62.6 Å². The van der Waals surface area contributed by atoms with E-state index in [0.29, 0.717) is 57.1 Å². The van der Waals surface area contributed by atoms with Crippen molar-refractivity contribution in [2.75, 3.05) is 50.7 Å². The summed E-state index contributed by atoms with van der Waals surface area (Å²) in [6, 6.07) is 5.28. The second-order valence-electron chi connectivity index (χ2n) is 7.35. The predicted octanol–water partition coefficient (Wildman–Crippen LogP) is 2.77. The van der Waals surface area contributed by atoms with Crippen LogP contribution in [0.15, 0.2) is 39.9 Å². The van der Waals surface area contributed by atoms with E-state index in [1.807, 2.05) is 18.7 Å². The molecule has 2 N–H and O–H groups in total. The first-order chi connectivity index (χ1) is 15.0. The van der Waals surface area contributed by atoms with Crippen molar-refractivity contribution in [1.29, 1.82) is 0 Å². The number of aliphatic imine (C=N–C) groups is 1. The third kappa shape index (κ3) is 5.96. The molecule has 7 nitrogen and oxygen atoms in total. The first-order valence-electron chi connectivity index (χ1n) is 10.5. The monoisotopic (exact) mass is 433 g/mol. The van der Waals surface area contributed by atoms with Crippen LogP contribution < -0.4 is 15.5 Å². The molecule has 1 amide bonds. The molecule has 0 spiro atoms. The Morgan fingerprint density at radius 1 is 1.16 bits per heavy atom. The van der Waals surface area contributed by atoms with Crippen molar-refractivity contribution in [2.45, 2.75) is 20.3 Å². The number of nitrogens with one attached hydrogen (secondary N) is 2. The second-order valence-corrected chi connectivity index (χ2v) is 7.35. The van der Waals surface area contributed by atoms with Gasteiger partial charge in [-0.2, -0.15) is 0 Å². The zero-order valence-corrected chi connectivity index (χ0v) is 18.0. The van der Waals surface area contributed by atoms with Crippen LogP contribution >= 0.6 is 0 Å². The number of halogens is 2. The lowest BCUT2D eigenvalue weighted by Crippen LogP contribution is -2.52. The van der Waals surface area contributed by atoms with Crippen LogP contribution in [-0.2, 0) is 0 Å². The molecule has 1 aliphatic rings. The van der Waals surface area contributed by atoms with Crippen molar-refractivity contribution in [3.05, 3.63) is 53.5 Å². The Morgan fingerprint density at radius 3 is 2.61 bits per heavy atom. The Bertz CT molecular complexity index is 907. The molecule has 0 bridgehead atoms. The number of hydrogen-bond acceptors (Lipinski definition) is 4. The average molecular weight is 434 g/mol. The van der Waals surface area contributed by atoms with Crippen molar-refractivity contribution < 1.29 is 18.0 Å². The molecule has 0 aliphatic carbocycles. The third-order valence-electron chi connectivity index (χ3n) is 5.11. The average Bonchev–Trinajstić information content (AvgIpc) is 3.20. The van der Waals surface area contributed by atoms with Crippen LogP contribution in [0.2, 0.25) is 0 Å². The number of carbonyl (C=O) groups excluding carboxylic acids is 1. The van der Waals surface area contributed by atoms with E-state index in [0.717, 1.165) is 30.2 Å². The van der Waals surface area contributed by atoms with Gasteiger partial charge in [-0.1, -0.05) is 0 Å². The summed E-state index contributed by atoms with van der Waals surface area (Å²) in [6.07, 6.45) is 2.19. The summed E-state index contributed by atoms with van der Waals surface area (Å²) < 4.78 is 32.7. The smallest absolute Gasteiger partial charge is 0.287 e. The van der Waals surface area contributed by atoms with Crippen LogP contribution in [0, 0.1) is 18.6 Å². The van der Waals surface area contributed by atoms with Gasteiger partial charge < -0.3 is 24.9 Å². The van der Waals surface area contributed by atoms with Crippen LogP contribution in [0.5, 0.6) is 0 Å². The first kappa shape index (κ1) is 22.6. The van der Waals surface area contributed by atoms with Crippen LogP contribution in [0.1, 0.15) is 29.5 Å². The molecular weight excluding hydrogens is 404 g/mol. The topological polar surface area (TPSA) is 73.1 Å². The lowest BCUT2D eigenvalue weighted by atomic mass is 10.2. The highest BCUT2D eigenvalue weighted by Gasteiger charge is 2.22. The summed E-state index contributed by atoms with van der Waals surface area (Å²) in [4.78, 5) is 20.7. The lowest BCUT2D eigenvalue weighted by Gasteiger charge is -2.37. The zero-order valence-electron chi connectivity index (χ0n) is 18.0. The largest absolute Gasteiger partial charge is 0.459 e. The normalized spacial score (nSPS) is 14.6. The maximum absolute atomic E-state index is 14.0. The Kier molecular flexibility index (Phi) is 7.86. The molecule has 1 aliphatic heterocycles. The van der Waals surface area contributed by atoms with Crippen molar-refractivity contribution in [1.82, 2.24) is 15.5 Å². The molecule has 0 radical (unpaired) electrons. The number of furan rings is 1. The molecule has 2 aromatic rings. The van der Waals surface area contributed by atoms with Crippen molar-refractivity contribution in [2.24, 2.45) is 4.99 Å². The van der Waals surface area contributed by atoms with Crippen molar-refractivity contribution in [3.8, 4) is 0 Å². The summed E-state index contributed by atoms with van der Waals surface area (Å²) >= 11 is 0. The third-order valence-corrected chi connectivity index (χ3v) is 5.11. The van der Waals surface area contributed by atoms with Gasteiger partial charge in [0.15, 0.2) is 11.7 Å². The highest BCUT2D eigenvalue weighted by atomic mass is 19.1. The van der Waals surface area contributed by atoms with Crippen LogP contribution in [0.25, 0.3) is 0 Å². The van der Waals surface area contributed by atoms with E-state index in [1.165, 1.54) is 12.3 Å². The van der Waals surface area contributed by atoms with Gasteiger partial charge in [-0.25, -0.2) is 8.78 Å². The van der Waals surface area contributed by atoms with Gasteiger partial charge in [-0.05, 0) is 38.5 Å². The van der Waals surface area contributed by atoms with E-state index in [-0.39, 0.29) is 5.91 Å². The Balaban J connectivity index is 1.48. The number of hydrogen-bond donors (Lipinski definition) is 2. The van der Waals surface area contributed by atoms with E-state index in [1.54, 1.807) is 6.07 Å². The molecule has 0 saturated carbocycles. The second kappa shape index (κ2) is 10.8. The summed E-state index contributed by atoms with van der Waals surface area (Å²) in [5.74, 6) is 0.0452. The molecule has 168 valence electrons. The maximum Gasteiger partial charge on any atom is 0.287 e. The number of amides is 1. The fourth-order valence-corrected chi connectivity index (χ4v) is 3.46. The number of piperazine rings is 1. The molecule has 2 heterocycles. The highest BCUT2D eigenvalue weighted by Crippen LogP contribution is 2.22. The van der Waals surface area contributed by atoms with E-state index in [4.69, 9.17) is 4.42 Å². The van der Waals surface area contributed by atoms with Crippen molar-refractivity contribution >= 4 is 17.6 Å². The fourth-order valence-electron chi connectivity index (χ4n) is 3.46. The number of guanidine groups is 1. The number of anilines is 1. The SMILES string of the molecule is CCNC(=NCCCNC(=O)c1occc1C)N1CCN(c2cc(F)ccc2F)CC1. The summed E-state index contributed by atoms with van der Waals surface area (Å²) in [5, 5.41) is 6.11. The minimum Gasteiger partial charge on any atom is -0.459 e. The van der Waals surface area contributed by atoms with Crippen LogP contribution in [0.3, 0.4) is 0 Å². The molecular formula is C22H29F2N5O2.